The number of hydrogen-bond acceptors (Lipinski definition) is 6. The van der Waals surface area contributed by atoms with Crippen molar-refractivity contribution >= 4 is 38.2 Å². The first-order valence-corrected chi connectivity index (χ1v) is 9.10. The summed E-state index contributed by atoms with van der Waals surface area (Å²) < 4.78 is 26.4. The lowest BCUT2D eigenvalue weighted by Gasteiger charge is -2.07. The van der Waals surface area contributed by atoms with Crippen LogP contribution in [-0.4, -0.2) is 31.2 Å². The summed E-state index contributed by atoms with van der Waals surface area (Å²) >= 11 is 1.36. The Bertz CT molecular complexity index is 902. The number of aromatic nitrogens is 1. The van der Waals surface area contributed by atoms with Gasteiger partial charge in [0.1, 0.15) is 11.9 Å². The van der Waals surface area contributed by atoms with E-state index in [0.29, 0.717) is 10.7 Å². The molecule has 3 rings (SSSR count). The van der Waals surface area contributed by atoms with Crippen LogP contribution in [0, 0.1) is 6.92 Å². The number of aryl methyl sites for hydroxylation is 1. The zero-order chi connectivity index (χ0) is 16.6. The van der Waals surface area contributed by atoms with Gasteiger partial charge in [-0.2, -0.15) is 0 Å². The molecule has 0 saturated heterocycles. The molecule has 9 heteroatoms. The molecule has 2 heterocycles. The molecule has 0 spiro atoms. The van der Waals surface area contributed by atoms with Crippen molar-refractivity contribution in [2.45, 2.75) is 24.8 Å². The smallest absolute Gasteiger partial charge is 0.263 e. The molecule has 7 nitrogen and oxygen atoms in total. The highest BCUT2D eigenvalue weighted by Gasteiger charge is 2.31. The lowest BCUT2D eigenvalue weighted by Crippen LogP contribution is -2.28. The maximum Gasteiger partial charge on any atom is 0.263 e. The Morgan fingerprint density at radius 3 is 2.83 bits per heavy atom. The van der Waals surface area contributed by atoms with Crippen LogP contribution in [0.5, 0.6) is 0 Å². The van der Waals surface area contributed by atoms with E-state index in [1.165, 1.54) is 17.4 Å². The zero-order valence-corrected chi connectivity index (χ0v) is 14.0. The van der Waals surface area contributed by atoms with Gasteiger partial charge in [-0.25, -0.2) is 13.4 Å². The van der Waals surface area contributed by atoms with Crippen LogP contribution in [0.1, 0.15) is 17.4 Å². The van der Waals surface area contributed by atoms with Gasteiger partial charge in [-0.05, 0) is 26.0 Å². The first kappa shape index (κ1) is 15.6. The second-order valence-corrected chi connectivity index (χ2v) is 7.91. The third-order valence-corrected chi connectivity index (χ3v) is 5.44. The molecule has 0 unspecified atom stereocenters. The Morgan fingerprint density at radius 2 is 2.13 bits per heavy atom. The van der Waals surface area contributed by atoms with Crippen LogP contribution < -0.4 is 10.0 Å². The molecule has 0 saturated carbocycles. The maximum absolute atomic E-state index is 12.2. The summed E-state index contributed by atoms with van der Waals surface area (Å²) in [5, 5.41) is 3.16. The number of anilines is 1. The van der Waals surface area contributed by atoms with E-state index in [9.17, 15) is 13.2 Å². The number of nitrogens with one attached hydrogen (secondary N) is 2. The lowest BCUT2D eigenvalue weighted by atomic mass is 10.2. The average Bonchev–Trinajstić information content (AvgIpc) is 3.01. The number of benzene rings is 1. The van der Waals surface area contributed by atoms with E-state index in [1.54, 1.807) is 31.3 Å². The number of nitrogens with zero attached hydrogens (tertiary/aromatic N) is 2. The minimum absolute atomic E-state index is 0.168. The molecule has 1 aromatic carbocycles. The highest BCUT2D eigenvalue weighted by Crippen LogP contribution is 2.23. The summed E-state index contributed by atoms with van der Waals surface area (Å²) in [7, 11) is -3.60. The summed E-state index contributed by atoms with van der Waals surface area (Å²) in [5.41, 5.74) is 0.470. The molecule has 1 aromatic heterocycles. The number of amidine groups is 1. The van der Waals surface area contributed by atoms with E-state index in [-0.39, 0.29) is 16.6 Å². The van der Waals surface area contributed by atoms with Gasteiger partial charge in [-0.15, -0.1) is 11.3 Å². The number of thiazole rings is 1. The number of amides is 1. The van der Waals surface area contributed by atoms with Crippen molar-refractivity contribution in [3.05, 3.63) is 40.9 Å². The molecule has 0 aliphatic carbocycles. The van der Waals surface area contributed by atoms with Gasteiger partial charge in [0.2, 0.25) is 0 Å². The maximum atomic E-state index is 12.2. The first-order valence-electron chi connectivity index (χ1n) is 6.80. The summed E-state index contributed by atoms with van der Waals surface area (Å²) in [6, 6.07) is 5.76. The summed E-state index contributed by atoms with van der Waals surface area (Å²) in [6.45, 7) is 3.49. The molecule has 1 amide bonds. The van der Waals surface area contributed by atoms with Crippen molar-refractivity contribution in [3.63, 3.8) is 0 Å². The van der Waals surface area contributed by atoms with Crippen LogP contribution in [-0.2, 0) is 14.8 Å². The van der Waals surface area contributed by atoms with Crippen molar-refractivity contribution in [1.29, 1.82) is 0 Å². The zero-order valence-electron chi connectivity index (χ0n) is 12.4. The Hall–Kier alpha value is -2.26. The number of hydrogen-bond donors (Lipinski definition) is 2. The second kappa shape index (κ2) is 5.74. The largest absolute Gasteiger partial charge is 0.300 e. The normalized spacial score (nSPS) is 18.3. The van der Waals surface area contributed by atoms with Gasteiger partial charge in [0.05, 0.1) is 4.90 Å². The molecule has 1 atom stereocenters. The molecule has 1 aliphatic rings. The minimum Gasteiger partial charge on any atom is -0.300 e. The summed E-state index contributed by atoms with van der Waals surface area (Å²) in [4.78, 5) is 21.6. The van der Waals surface area contributed by atoms with Gasteiger partial charge >= 0.3 is 0 Å². The number of carbonyl (C=O) groups excluding carboxylic acids is 1. The predicted octanol–water partition coefficient (Wildman–Crippen LogP) is 1.52. The molecular weight excluding hydrogens is 336 g/mol. The Labute approximate surface area is 137 Å². The van der Waals surface area contributed by atoms with Gasteiger partial charge in [-0.1, -0.05) is 12.1 Å². The molecule has 2 aromatic rings. The number of sulfonamides is 1. The van der Waals surface area contributed by atoms with Gasteiger partial charge in [0.15, 0.2) is 5.13 Å². The minimum atomic E-state index is -3.60. The number of rotatable bonds is 3. The van der Waals surface area contributed by atoms with Crippen LogP contribution in [0.3, 0.4) is 0 Å². The lowest BCUT2D eigenvalue weighted by molar-refractivity contribution is -0.117. The van der Waals surface area contributed by atoms with Crippen LogP contribution in [0.15, 0.2) is 40.4 Å². The van der Waals surface area contributed by atoms with E-state index in [0.717, 1.165) is 4.88 Å². The SMILES string of the molecule is Cc1cnc(NC(=O)[C@H](C)N=C2NS(=O)(=O)c3ccccc32)s1. The fourth-order valence-electron chi connectivity index (χ4n) is 2.10. The monoisotopic (exact) mass is 350 g/mol. The third kappa shape index (κ3) is 3.10. The van der Waals surface area contributed by atoms with Crippen molar-refractivity contribution in [2.75, 3.05) is 5.32 Å². The predicted molar refractivity (Wildman–Crippen MR) is 88.2 cm³/mol. The Kier molecular flexibility index (Phi) is 3.90. The number of carbonyl (C=O) groups is 1. The average molecular weight is 350 g/mol. The molecule has 2 N–H and O–H groups in total. The molecule has 0 fully saturated rings. The topological polar surface area (TPSA) is 101 Å². The van der Waals surface area contributed by atoms with E-state index in [2.05, 4.69) is 20.0 Å². The fourth-order valence-corrected chi connectivity index (χ4v) is 4.01. The first-order chi connectivity index (χ1) is 10.9. The third-order valence-electron chi connectivity index (χ3n) is 3.22. The van der Waals surface area contributed by atoms with Crippen LogP contribution in [0.25, 0.3) is 0 Å². The molecule has 120 valence electrons. The van der Waals surface area contributed by atoms with Gasteiger partial charge < -0.3 is 5.32 Å². The van der Waals surface area contributed by atoms with Crippen molar-refractivity contribution < 1.29 is 13.2 Å². The van der Waals surface area contributed by atoms with Gasteiger partial charge in [0, 0.05) is 16.6 Å². The Balaban J connectivity index is 1.83. The molecule has 23 heavy (non-hydrogen) atoms. The van der Waals surface area contributed by atoms with Gasteiger partial charge in [-0.3, -0.25) is 14.5 Å². The van der Waals surface area contributed by atoms with E-state index >= 15 is 0 Å². The van der Waals surface area contributed by atoms with Crippen LogP contribution in [0.4, 0.5) is 5.13 Å². The summed E-state index contributed by atoms with van der Waals surface area (Å²) in [6.07, 6.45) is 1.66. The molecule has 0 bridgehead atoms. The molecule has 1 aliphatic heterocycles. The Morgan fingerprint density at radius 1 is 1.39 bits per heavy atom. The number of aliphatic imine (C=N–C) groups is 1. The molecule has 0 radical (unpaired) electrons. The van der Waals surface area contributed by atoms with Gasteiger partial charge in [0.25, 0.3) is 15.9 Å². The molecular formula is C14H14N4O3S2. The fraction of sp³-hybridized carbons (Fsp3) is 0.214. The van der Waals surface area contributed by atoms with E-state index in [4.69, 9.17) is 0 Å². The van der Waals surface area contributed by atoms with Crippen molar-refractivity contribution in [2.24, 2.45) is 4.99 Å². The second-order valence-electron chi connectivity index (χ2n) is 5.02. The quantitative estimate of drug-likeness (QED) is 0.876. The van der Waals surface area contributed by atoms with E-state index in [1.807, 2.05) is 6.92 Å². The number of fused-ring (bicyclic) bond motifs is 1. The van der Waals surface area contributed by atoms with E-state index < -0.39 is 16.1 Å². The summed E-state index contributed by atoms with van der Waals surface area (Å²) in [5.74, 6) is -0.172. The van der Waals surface area contributed by atoms with Crippen molar-refractivity contribution in [3.8, 4) is 0 Å². The standard InChI is InChI=1S/C14H14N4O3S2/c1-8-7-15-14(22-8)17-13(19)9(2)16-12-10-5-3-4-6-11(10)23(20,21)18-12/h3-7,9H,1-2H3,(H,16,18)(H,15,17,19)/t9-/m0/s1. The van der Waals surface area contributed by atoms with Crippen molar-refractivity contribution in [1.82, 2.24) is 9.71 Å². The highest BCUT2D eigenvalue weighted by atomic mass is 32.2. The van der Waals surface area contributed by atoms with Crippen LogP contribution >= 0.6 is 11.3 Å². The highest BCUT2D eigenvalue weighted by molar-refractivity contribution is 7.90. The van der Waals surface area contributed by atoms with Crippen LogP contribution in [0.2, 0.25) is 0 Å².